The summed E-state index contributed by atoms with van der Waals surface area (Å²) in [5.41, 5.74) is 0. The minimum absolute atomic E-state index is 0. The molecular weight excluding hydrogens is 248 g/mol. The summed E-state index contributed by atoms with van der Waals surface area (Å²) in [5, 5.41) is 3.60. The highest BCUT2D eigenvalue weighted by Gasteiger charge is 2.29. The molecule has 1 unspecified atom stereocenters. The van der Waals surface area contributed by atoms with E-state index in [0.717, 1.165) is 25.0 Å². The van der Waals surface area contributed by atoms with Crippen molar-refractivity contribution in [1.82, 2.24) is 10.2 Å². The first-order valence-electron chi connectivity index (χ1n) is 7.18. The van der Waals surface area contributed by atoms with E-state index in [1.807, 2.05) is 0 Å². The van der Waals surface area contributed by atoms with Crippen molar-refractivity contribution in [2.24, 2.45) is 11.8 Å². The van der Waals surface area contributed by atoms with Gasteiger partial charge in [0, 0.05) is 25.6 Å². The molecule has 0 spiro atoms. The summed E-state index contributed by atoms with van der Waals surface area (Å²) in [7, 11) is 0. The molecule has 0 aliphatic carbocycles. The summed E-state index contributed by atoms with van der Waals surface area (Å²) in [5.74, 6) is 1.65. The Hall–Kier alpha value is -0.280. The van der Waals surface area contributed by atoms with Gasteiger partial charge in [-0.25, -0.2) is 0 Å². The molecule has 0 bridgehead atoms. The molecule has 2 saturated heterocycles. The van der Waals surface area contributed by atoms with Gasteiger partial charge in [-0.15, -0.1) is 12.4 Å². The second-order valence-electron chi connectivity index (χ2n) is 6.02. The number of piperidine rings is 1. The van der Waals surface area contributed by atoms with Gasteiger partial charge in [0.15, 0.2) is 0 Å². The van der Waals surface area contributed by atoms with Crippen LogP contribution >= 0.6 is 12.4 Å². The third kappa shape index (κ3) is 4.13. The summed E-state index contributed by atoms with van der Waals surface area (Å²) in [6.07, 6.45) is 5.77. The third-order valence-electron chi connectivity index (χ3n) is 4.14. The van der Waals surface area contributed by atoms with Gasteiger partial charge in [-0.2, -0.15) is 0 Å². The van der Waals surface area contributed by atoms with Crippen molar-refractivity contribution in [3.63, 3.8) is 0 Å². The molecule has 0 radical (unpaired) electrons. The molecule has 2 aliphatic heterocycles. The second kappa shape index (κ2) is 7.34. The number of carbonyl (C=O) groups is 1. The summed E-state index contributed by atoms with van der Waals surface area (Å²) in [6.45, 7) is 7.39. The van der Waals surface area contributed by atoms with Crippen molar-refractivity contribution < 1.29 is 4.79 Å². The molecule has 3 nitrogen and oxygen atoms in total. The van der Waals surface area contributed by atoms with Crippen molar-refractivity contribution in [1.29, 1.82) is 0 Å². The first-order valence-corrected chi connectivity index (χ1v) is 7.18. The standard InChI is InChI=1S/C14H26N2O.ClH/c1-11(2)10-14(17)16-8-5-12(6-9-16)13-4-3-7-15-13;/h11-13,15H,3-10H2,1-2H3;1H. The molecule has 1 N–H and O–H groups in total. The third-order valence-corrected chi connectivity index (χ3v) is 4.14. The van der Waals surface area contributed by atoms with Crippen LogP contribution in [0.2, 0.25) is 0 Å². The quantitative estimate of drug-likeness (QED) is 0.857. The number of nitrogens with zero attached hydrogens (tertiary/aromatic N) is 1. The number of halogens is 1. The smallest absolute Gasteiger partial charge is 0.222 e. The summed E-state index contributed by atoms with van der Waals surface area (Å²) in [6, 6.07) is 0.734. The molecular formula is C14H27ClN2O. The van der Waals surface area contributed by atoms with Crippen molar-refractivity contribution >= 4 is 18.3 Å². The Labute approximate surface area is 117 Å². The van der Waals surface area contributed by atoms with E-state index in [1.165, 1.54) is 32.2 Å². The van der Waals surface area contributed by atoms with Gasteiger partial charge in [0.05, 0.1) is 0 Å². The SMILES string of the molecule is CC(C)CC(=O)N1CCC(C2CCCN2)CC1.Cl. The van der Waals surface area contributed by atoms with E-state index in [2.05, 4.69) is 24.1 Å². The van der Waals surface area contributed by atoms with E-state index in [0.29, 0.717) is 18.2 Å². The van der Waals surface area contributed by atoms with E-state index in [1.54, 1.807) is 0 Å². The maximum Gasteiger partial charge on any atom is 0.222 e. The molecule has 2 heterocycles. The molecule has 2 aliphatic rings. The van der Waals surface area contributed by atoms with Crippen LogP contribution < -0.4 is 5.32 Å². The lowest BCUT2D eigenvalue weighted by Gasteiger charge is -2.35. The van der Waals surface area contributed by atoms with E-state index in [-0.39, 0.29) is 12.4 Å². The molecule has 4 heteroatoms. The minimum Gasteiger partial charge on any atom is -0.343 e. The van der Waals surface area contributed by atoms with E-state index in [9.17, 15) is 4.79 Å². The van der Waals surface area contributed by atoms with Gasteiger partial charge in [0.2, 0.25) is 5.91 Å². The van der Waals surface area contributed by atoms with Gasteiger partial charge >= 0.3 is 0 Å². The summed E-state index contributed by atoms with van der Waals surface area (Å²) >= 11 is 0. The van der Waals surface area contributed by atoms with Crippen LogP contribution in [0.15, 0.2) is 0 Å². The molecule has 18 heavy (non-hydrogen) atoms. The molecule has 0 aromatic carbocycles. The lowest BCUT2D eigenvalue weighted by molar-refractivity contribution is -0.133. The first kappa shape index (κ1) is 15.8. The van der Waals surface area contributed by atoms with Crippen LogP contribution in [-0.4, -0.2) is 36.5 Å². The van der Waals surface area contributed by atoms with Crippen LogP contribution in [-0.2, 0) is 4.79 Å². The van der Waals surface area contributed by atoms with Crippen LogP contribution in [0.4, 0.5) is 0 Å². The fraction of sp³-hybridized carbons (Fsp3) is 0.929. The predicted molar refractivity (Wildman–Crippen MR) is 77.0 cm³/mol. The normalized spacial score (nSPS) is 25.3. The van der Waals surface area contributed by atoms with Gasteiger partial charge in [-0.05, 0) is 44.1 Å². The number of rotatable bonds is 3. The van der Waals surface area contributed by atoms with Gasteiger partial charge in [-0.1, -0.05) is 13.8 Å². The van der Waals surface area contributed by atoms with Crippen molar-refractivity contribution in [3.05, 3.63) is 0 Å². The molecule has 0 saturated carbocycles. The summed E-state index contributed by atoms with van der Waals surface area (Å²) < 4.78 is 0. The van der Waals surface area contributed by atoms with Crippen LogP contribution in [0, 0.1) is 11.8 Å². The van der Waals surface area contributed by atoms with Gasteiger partial charge in [0.25, 0.3) is 0 Å². The van der Waals surface area contributed by atoms with Crippen LogP contribution in [0.5, 0.6) is 0 Å². The predicted octanol–water partition coefficient (Wildman–Crippen LogP) is 2.44. The molecule has 1 amide bonds. The average Bonchev–Trinajstić information content (AvgIpc) is 2.82. The van der Waals surface area contributed by atoms with Crippen LogP contribution in [0.1, 0.15) is 46.0 Å². The fourth-order valence-electron chi connectivity index (χ4n) is 3.14. The molecule has 2 rings (SSSR count). The molecule has 0 aromatic rings. The van der Waals surface area contributed by atoms with Crippen molar-refractivity contribution in [3.8, 4) is 0 Å². The zero-order chi connectivity index (χ0) is 12.3. The highest BCUT2D eigenvalue weighted by atomic mass is 35.5. The lowest BCUT2D eigenvalue weighted by Crippen LogP contribution is -2.43. The number of hydrogen-bond acceptors (Lipinski definition) is 2. The maximum atomic E-state index is 11.9. The Balaban J connectivity index is 0.00000162. The topological polar surface area (TPSA) is 32.3 Å². The summed E-state index contributed by atoms with van der Waals surface area (Å²) in [4.78, 5) is 14.0. The van der Waals surface area contributed by atoms with Crippen LogP contribution in [0.25, 0.3) is 0 Å². The number of likely N-dealkylation sites (tertiary alicyclic amines) is 1. The number of amides is 1. The number of carbonyl (C=O) groups excluding carboxylic acids is 1. The largest absolute Gasteiger partial charge is 0.343 e. The van der Waals surface area contributed by atoms with Gasteiger partial charge in [0.1, 0.15) is 0 Å². The lowest BCUT2D eigenvalue weighted by atomic mass is 9.88. The molecule has 0 aromatic heterocycles. The fourth-order valence-corrected chi connectivity index (χ4v) is 3.14. The Bertz CT molecular complexity index is 257. The van der Waals surface area contributed by atoms with Gasteiger partial charge < -0.3 is 10.2 Å². The monoisotopic (exact) mass is 274 g/mol. The van der Waals surface area contributed by atoms with E-state index in [4.69, 9.17) is 0 Å². The highest BCUT2D eigenvalue weighted by molar-refractivity contribution is 5.85. The Morgan fingerprint density at radius 2 is 1.94 bits per heavy atom. The molecule has 106 valence electrons. The second-order valence-corrected chi connectivity index (χ2v) is 6.02. The number of nitrogens with one attached hydrogen (secondary N) is 1. The molecule has 1 atom stereocenters. The zero-order valence-electron chi connectivity index (χ0n) is 11.7. The zero-order valence-corrected chi connectivity index (χ0v) is 12.5. The van der Waals surface area contributed by atoms with Crippen molar-refractivity contribution in [2.45, 2.75) is 52.0 Å². The highest BCUT2D eigenvalue weighted by Crippen LogP contribution is 2.26. The Kier molecular flexibility index (Phi) is 6.44. The van der Waals surface area contributed by atoms with Gasteiger partial charge in [-0.3, -0.25) is 4.79 Å². The minimum atomic E-state index is 0. The first-order chi connectivity index (χ1) is 8.16. The molecule has 2 fully saturated rings. The van der Waals surface area contributed by atoms with Crippen LogP contribution in [0.3, 0.4) is 0 Å². The maximum absolute atomic E-state index is 11.9. The average molecular weight is 275 g/mol. The Morgan fingerprint density at radius 3 is 2.44 bits per heavy atom. The van der Waals surface area contributed by atoms with E-state index < -0.39 is 0 Å². The van der Waals surface area contributed by atoms with Crippen molar-refractivity contribution in [2.75, 3.05) is 19.6 Å². The van der Waals surface area contributed by atoms with E-state index >= 15 is 0 Å². The Morgan fingerprint density at radius 1 is 1.28 bits per heavy atom. The number of hydrogen-bond donors (Lipinski definition) is 1.